The molecule has 0 aromatic carbocycles. The minimum Gasteiger partial charge on any atom is -0.392 e. The van der Waals surface area contributed by atoms with Gasteiger partial charge in [0.2, 0.25) is 0 Å². The van der Waals surface area contributed by atoms with Crippen LogP contribution in [0.4, 0.5) is 0 Å². The molecule has 1 saturated heterocycles. The zero-order valence-corrected chi connectivity index (χ0v) is 12.0. The lowest BCUT2D eigenvalue weighted by Gasteiger charge is -2.28. The predicted octanol–water partition coefficient (Wildman–Crippen LogP) is 0.371. The van der Waals surface area contributed by atoms with Gasteiger partial charge in [-0.1, -0.05) is 0 Å². The van der Waals surface area contributed by atoms with Crippen LogP contribution in [0.15, 0.2) is 0 Å². The number of likely N-dealkylation sites (N-methyl/N-ethyl adjacent to an activating group) is 1. The van der Waals surface area contributed by atoms with Gasteiger partial charge < -0.3 is 15.3 Å². The Morgan fingerprint density at radius 3 is 2.53 bits per heavy atom. The van der Waals surface area contributed by atoms with E-state index in [1.165, 1.54) is 0 Å². The van der Waals surface area contributed by atoms with Crippen LogP contribution in [0, 0.1) is 0 Å². The van der Waals surface area contributed by atoms with Crippen LogP contribution < -0.4 is 5.32 Å². The van der Waals surface area contributed by atoms with Crippen molar-refractivity contribution < 1.29 is 5.11 Å². The summed E-state index contributed by atoms with van der Waals surface area (Å²) in [6, 6.07) is 0.502. The van der Waals surface area contributed by atoms with Gasteiger partial charge in [0.1, 0.15) is 0 Å². The lowest BCUT2D eigenvalue weighted by atomic mass is 10.1. The van der Waals surface area contributed by atoms with Crippen LogP contribution in [0.25, 0.3) is 0 Å². The molecular formula is C13H29N3O. The molecule has 1 heterocycles. The second-order valence-corrected chi connectivity index (χ2v) is 6.48. The maximum atomic E-state index is 9.76. The summed E-state index contributed by atoms with van der Waals surface area (Å²) in [5, 5.41) is 13.3. The van der Waals surface area contributed by atoms with Crippen LogP contribution in [-0.4, -0.2) is 72.9 Å². The molecule has 1 fully saturated rings. The number of aliphatic hydroxyl groups is 1. The molecule has 0 saturated carbocycles. The summed E-state index contributed by atoms with van der Waals surface area (Å²) >= 11 is 0. The van der Waals surface area contributed by atoms with Gasteiger partial charge in [-0.05, 0) is 41.3 Å². The molecule has 0 aromatic heterocycles. The van der Waals surface area contributed by atoms with Crippen LogP contribution in [0.2, 0.25) is 0 Å². The summed E-state index contributed by atoms with van der Waals surface area (Å²) in [5.74, 6) is 0. The maximum Gasteiger partial charge on any atom is 0.0682 e. The fraction of sp³-hybridized carbons (Fsp3) is 1.00. The van der Waals surface area contributed by atoms with Crippen molar-refractivity contribution in [3.63, 3.8) is 0 Å². The van der Waals surface area contributed by atoms with E-state index in [2.05, 4.69) is 50.0 Å². The third kappa shape index (κ3) is 5.82. The van der Waals surface area contributed by atoms with E-state index in [0.29, 0.717) is 6.04 Å². The number of β-amino-alcohol motifs (C(OH)–C–C–N with tert-alkyl or cyclic N) is 1. The highest BCUT2D eigenvalue weighted by Crippen LogP contribution is 2.17. The first-order valence-electron chi connectivity index (χ1n) is 6.60. The molecule has 1 rings (SSSR count). The average Bonchev–Trinajstić information content (AvgIpc) is 2.43. The Balaban J connectivity index is 2.34. The van der Waals surface area contributed by atoms with Gasteiger partial charge in [-0.15, -0.1) is 0 Å². The standard InChI is InChI=1S/C13H29N3O/c1-13(2,3)14-6-7-16-10-12(17)8-11(16)9-15(4)5/h11-12,14,17H,6-10H2,1-5H3. The second-order valence-electron chi connectivity index (χ2n) is 6.48. The molecular weight excluding hydrogens is 214 g/mol. The Kier molecular flexibility index (Phi) is 5.38. The predicted molar refractivity (Wildman–Crippen MR) is 72.3 cm³/mol. The van der Waals surface area contributed by atoms with Crippen molar-refractivity contribution in [3.8, 4) is 0 Å². The Bertz CT molecular complexity index is 225. The Morgan fingerprint density at radius 2 is 2.00 bits per heavy atom. The highest BCUT2D eigenvalue weighted by Gasteiger charge is 2.30. The van der Waals surface area contributed by atoms with Gasteiger partial charge in [-0.25, -0.2) is 0 Å². The quantitative estimate of drug-likeness (QED) is 0.732. The van der Waals surface area contributed by atoms with Gasteiger partial charge in [-0.3, -0.25) is 4.90 Å². The number of nitrogens with one attached hydrogen (secondary N) is 1. The SMILES string of the molecule is CN(C)CC1CC(O)CN1CCNC(C)(C)C. The maximum absolute atomic E-state index is 9.76. The first-order chi connectivity index (χ1) is 7.78. The Morgan fingerprint density at radius 1 is 1.35 bits per heavy atom. The number of rotatable bonds is 5. The number of aliphatic hydroxyl groups excluding tert-OH is 1. The molecule has 2 atom stereocenters. The van der Waals surface area contributed by atoms with Crippen molar-refractivity contribution in [2.75, 3.05) is 40.3 Å². The monoisotopic (exact) mass is 243 g/mol. The molecule has 0 radical (unpaired) electrons. The van der Waals surface area contributed by atoms with Crippen molar-refractivity contribution in [1.29, 1.82) is 0 Å². The lowest BCUT2D eigenvalue weighted by molar-refractivity contribution is 0.171. The number of hydrogen-bond acceptors (Lipinski definition) is 4. The molecule has 1 aliphatic rings. The second kappa shape index (κ2) is 6.14. The van der Waals surface area contributed by atoms with E-state index in [9.17, 15) is 5.11 Å². The normalized spacial score (nSPS) is 27.0. The van der Waals surface area contributed by atoms with Crippen LogP contribution >= 0.6 is 0 Å². The lowest BCUT2D eigenvalue weighted by Crippen LogP contribution is -2.44. The van der Waals surface area contributed by atoms with Crippen molar-refractivity contribution in [2.45, 2.75) is 44.9 Å². The van der Waals surface area contributed by atoms with Gasteiger partial charge in [-0.2, -0.15) is 0 Å². The smallest absolute Gasteiger partial charge is 0.0682 e. The number of likely N-dealkylation sites (tertiary alicyclic amines) is 1. The highest BCUT2D eigenvalue weighted by atomic mass is 16.3. The first kappa shape index (κ1) is 14.9. The molecule has 2 unspecified atom stereocenters. The molecule has 4 heteroatoms. The van der Waals surface area contributed by atoms with Crippen LogP contribution in [0.3, 0.4) is 0 Å². The van der Waals surface area contributed by atoms with E-state index in [-0.39, 0.29) is 11.6 Å². The third-order valence-corrected chi connectivity index (χ3v) is 3.14. The molecule has 0 aliphatic carbocycles. The van der Waals surface area contributed by atoms with Crippen molar-refractivity contribution in [2.24, 2.45) is 0 Å². The molecule has 2 N–H and O–H groups in total. The summed E-state index contributed by atoms with van der Waals surface area (Å²) in [4.78, 5) is 4.61. The zero-order valence-electron chi connectivity index (χ0n) is 12.0. The Hall–Kier alpha value is -0.160. The van der Waals surface area contributed by atoms with Crippen molar-refractivity contribution >= 4 is 0 Å². The minimum absolute atomic E-state index is 0.144. The summed E-state index contributed by atoms with van der Waals surface area (Å²) in [6.45, 7) is 10.4. The van der Waals surface area contributed by atoms with E-state index >= 15 is 0 Å². The van der Waals surface area contributed by atoms with Gasteiger partial charge >= 0.3 is 0 Å². The molecule has 0 spiro atoms. The molecule has 0 aromatic rings. The van der Waals surface area contributed by atoms with E-state index in [1.807, 2.05) is 0 Å². The zero-order chi connectivity index (χ0) is 13.1. The summed E-state index contributed by atoms with van der Waals surface area (Å²) < 4.78 is 0. The highest BCUT2D eigenvalue weighted by molar-refractivity contribution is 4.87. The molecule has 1 aliphatic heterocycles. The van der Waals surface area contributed by atoms with Crippen LogP contribution in [0.1, 0.15) is 27.2 Å². The number of nitrogens with zero attached hydrogens (tertiary/aromatic N) is 2. The Labute approximate surface area is 106 Å². The molecule has 17 heavy (non-hydrogen) atoms. The average molecular weight is 243 g/mol. The van der Waals surface area contributed by atoms with Crippen LogP contribution in [-0.2, 0) is 0 Å². The van der Waals surface area contributed by atoms with E-state index in [1.54, 1.807) is 0 Å². The van der Waals surface area contributed by atoms with Gasteiger partial charge in [0, 0.05) is 37.8 Å². The van der Waals surface area contributed by atoms with Crippen molar-refractivity contribution in [1.82, 2.24) is 15.1 Å². The summed E-state index contributed by atoms with van der Waals surface area (Å²) in [6.07, 6.45) is 0.767. The summed E-state index contributed by atoms with van der Waals surface area (Å²) in [5.41, 5.74) is 0.176. The first-order valence-corrected chi connectivity index (χ1v) is 6.60. The van der Waals surface area contributed by atoms with Gasteiger partial charge in [0.15, 0.2) is 0 Å². The minimum atomic E-state index is -0.144. The van der Waals surface area contributed by atoms with Crippen LogP contribution in [0.5, 0.6) is 0 Å². The molecule has 0 amide bonds. The fourth-order valence-corrected chi connectivity index (χ4v) is 2.42. The van der Waals surface area contributed by atoms with Gasteiger partial charge in [0.05, 0.1) is 6.10 Å². The largest absolute Gasteiger partial charge is 0.392 e. The molecule has 0 bridgehead atoms. The molecule has 102 valence electrons. The summed E-state index contributed by atoms with van der Waals surface area (Å²) in [7, 11) is 4.19. The van der Waals surface area contributed by atoms with E-state index in [4.69, 9.17) is 0 Å². The fourth-order valence-electron chi connectivity index (χ4n) is 2.42. The van der Waals surface area contributed by atoms with E-state index < -0.39 is 0 Å². The molecule has 4 nitrogen and oxygen atoms in total. The topological polar surface area (TPSA) is 38.7 Å². The number of hydrogen-bond donors (Lipinski definition) is 2. The van der Waals surface area contributed by atoms with E-state index in [0.717, 1.165) is 32.6 Å². The van der Waals surface area contributed by atoms with Crippen molar-refractivity contribution in [3.05, 3.63) is 0 Å². The van der Waals surface area contributed by atoms with Gasteiger partial charge in [0.25, 0.3) is 0 Å². The third-order valence-electron chi connectivity index (χ3n) is 3.14.